The number of benzene rings is 1. The van der Waals surface area contributed by atoms with E-state index in [9.17, 15) is 0 Å². The first-order chi connectivity index (χ1) is 9.86. The van der Waals surface area contributed by atoms with Crippen molar-refractivity contribution in [1.29, 1.82) is 0 Å². The SMILES string of the molecule is c1ccc(OCCNC2=NCC3(CCCC3)CS2)cc1. The fourth-order valence-corrected chi connectivity index (χ4v) is 4.11. The first-order valence-corrected chi connectivity index (χ1v) is 8.44. The van der Waals surface area contributed by atoms with Crippen molar-refractivity contribution in [2.45, 2.75) is 25.7 Å². The molecule has 0 radical (unpaired) electrons. The number of hydrogen-bond donors (Lipinski definition) is 1. The van der Waals surface area contributed by atoms with Gasteiger partial charge in [-0.1, -0.05) is 42.8 Å². The summed E-state index contributed by atoms with van der Waals surface area (Å²) in [5.41, 5.74) is 0.524. The molecule has 1 aliphatic heterocycles. The minimum atomic E-state index is 0.524. The van der Waals surface area contributed by atoms with Gasteiger partial charge in [-0.25, -0.2) is 0 Å². The van der Waals surface area contributed by atoms with Gasteiger partial charge in [-0.2, -0.15) is 0 Å². The maximum absolute atomic E-state index is 5.66. The molecule has 1 N–H and O–H groups in total. The van der Waals surface area contributed by atoms with Gasteiger partial charge in [0.2, 0.25) is 0 Å². The molecule has 1 saturated carbocycles. The number of ether oxygens (including phenoxy) is 1. The number of hydrogen-bond acceptors (Lipinski definition) is 4. The molecule has 0 atom stereocenters. The minimum absolute atomic E-state index is 0.524. The smallest absolute Gasteiger partial charge is 0.156 e. The van der Waals surface area contributed by atoms with E-state index in [1.807, 2.05) is 42.1 Å². The quantitative estimate of drug-likeness (QED) is 0.864. The third kappa shape index (κ3) is 3.48. The Kier molecular flexibility index (Phi) is 4.51. The molecule has 1 spiro atoms. The predicted octanol–water partition coefficient (Wildman–Crippen LogP) is 3.32. The average Bonchev–Trinajstić information content (AvgIpc) is 2.95. The number of thioether (sulfide) groups is 1. The van der Waals surface area contributed by atoms with Crippen LogP contribution in [-0.2, 0) is 0 Å². The Morgan fingerprint density at radius 3 is 2.70 bits per heavy atom. The van der Waals surface area contributed by atoms with Crippen molar-refractivity contribution in [1.82, 2.24) is 5.32 Å². The molecule has 0 unspecified atom stereocenters. The maximum atomic E-state index is 5.66. The van der Waals surface area contributed by atoms with Crippen LogP contribution in [0.15, 0.2) is 35.3 Å². The number of nitrogens with one attached hydrogen (secondary N) is 1. The Balaban J connectivity index is 1.38. The molecule has 20 heavy (non-hydrogen) atoms. The highest BCUT2D eigenvalue weighted by Crippen LogP contribution is 2.43. The second-order valence-electron chi connectivity index (χ2n) is 5.71. The first-order valence-electron chi connectivity index (χ1n) is 7.45. The Bertz CT molecular complexity index is 455. The van der Waals surface area contributed by atoms with Gasteiger partial charge < -0.3 is 10.1 Å². The molecule has 3 rings (SSSR count). The van der Waals surface area contributed by atoms with Crippen LogP contribution >= 0.6 is 11.8 Å². The topological polar surface area (TPSA) is 33.6 Å². The van der Waals surface area contributed by atoms with Crippen molar-refractivity contribution >= 4 is 16.9 Å². The van der Waals surface area contributed by atoms with Crippen molar-refractivity contribution in [3.63, 3.8) is 0 Å². The van der Waals surface area contributed by atoms with E-state index in [4.69, 9.17) is 9.73 Å². The molecule has 2 aliphatic rings. The highest BCUT2D eigenvalue weighted by atomic mass is 32.2. The van der Waals surface area contributed by atoms with E-state index in [0.717, 1.165) is 24.0 Å². The molecule has 4 heteroatoms. The molecule has 0 bridgehead atoms. The fraction of sp³-hybridized carbons (Fsp3) is 0.562. The summed E-state index contributed by atoms with van der Waals surface area (Å²) in [6, 6.07) is 9.95. The summed E-state index contributed by atoms with van der Waals surface area (Å²) in [5, 5.41) is 4.48. The number of rotatable bonds is 4. The van der Waals surface area contributed by atoms with E-state index in [2.05, 4.69) is 5.32 Å². The second-order valence-corrected chi connectivity index (χ2v) is 6.67. The molecule has 1 aliphatic carbocycles. The van der Waals surface area contributed by atoms with Gasteiger partial charge in [0.15, 0.2) is 5.17 Å². The molecule has 0 saturated heterocycles. The largest absolute Gasteiger partial charge is 0.492 e. The molecule has 0 aromatic heterocycles. The lowest BCUT2D eigenvalue weighted by Crippen LogP contribution is -2.34. The summed E-state index contributed by atoms with van der Waals surface area (Å²) in [6.45, 7) is 2.50. The third-order valence-corrected chi connectivity index (χ3v) is 5.43. The molecule has 1 heterocycles. The van der Waals surface area contributed by atoms with E-state index in [-0.39, 0.29) is 0 Å². The molecular formula is C16H22N2OS. The predicted molar refractivity (Wildman–Crippen MR) is 85.6 cm³/mol. The van der Waals surface area contributed by atoms with Crippen LogP contribution in [-0.4, -0.2) is 30.6 Å². The van der Waals surface area contributed by atoms with Crippen LogP contribution in [0.5, 0.6) is 5.75 Å². The average molecular weight is 290 g/mol. The lowest BCUT2D eigenvalue weighted by Gasteiger charge is -2.31. The van der Waals surface area contributed by atoms with E-state index >= 15 is 0 Å². The van der Waals surface area contributed by atoms with Crippen LogP contribution < -0.4 is 10.1 Å². The van der Waals surface area contributed by atoms with E-state index < -0.39 is 0 Å². The molecule has 0 amide bonds. The summed E-state index contributed by atoms with van der Waals surface area (Å²) >= 11 is 1.89. The summed E-state index contributed by atoms with van der Waals surface area (Å²) in [6.07, 6.45) is 5.52. The minimum Gasteiger partial charge on any atom is -0.492 e. The van der Waals surface area contributed by atoms with Crippen LogP contribution in [0.4, 0.5) is 0 Å². The van der Waals surface area contributed by atoms with Crippen LogP contribution in [0, 0.1) is 5.41 Å². The zero-order chi connectivity index (χ0) is 13.7. The molecule has 1 fully saturated rings. The number of nitrogens with zero attached hydrogens (tertiary/aromatic N) is 1. The number of para-hydroxylation sites is 1. The standard InChI is InChI=1S/C16H22N2OS/c1-2-6-14(7-3-1)19-11-10-17-15-18-12-16(13-20-15)8-4-5-9-16/h1-3,6-7H,4-5,8-13H2,(H,17,18). The molecular weight excluding hydrogens is 268 g/mol. The Morgan fingerprint density at radius 1 is 1.20 bits per heavy atom. The highest BCUT2D eigenvalue weighted by Gasteiger charge is 2.36. The highest BCUT2D eigenvalue weighted by molar-refractivity contribution is 8.13. The molecule has 108 valence electrons. The van der Waals surface area contributed by atoms with Crippen molar-refractivity contribution in [3.8, 4) is 5.75 Å². The fourth-order valence-electron chi connectivity index (χ4n) is 2.93. The Labute approximate surface area is 125 Å². The third-order valence-electron chi connectivity index (χ3n) is 4.13. The lowest BCUT2D eigenvalue weighted by atomic mass is 9.89. The van der Waals surface area contributed by atoms with Gasteiger partial charge in [0.1, 0.15) is 12.4 Å². The van der Waals surface area contributed by atoms with Crippen LogP contribution in [0.1, 0.15) is 25.7 Å². The lowest BCUT2D eigenvalue weighted by molar-refractivity contribution is 0.322. The van der Waals surface area contributed by atoms with Gasteiger partial charge in [-0.05, 0) is 30.4 Å². The van der Waals surface area contributed by atoms with Crippen LogP contribution in [0.3, 0.4) is 0 Å². The van der Waals surface area contributed by atoms with E-state index in [0.29, 0.717) is 12.0 Å². The summed E-state index contributed by atoms with van der Waals surface area (Å²) in [7, 11) is 0. The first kappa shape index (κ1) is 13.8. The second kappa shape index (κ2) is 6.53. The zero-order valence-electron chi connectivity index (χ0n) is 11.8. The Morgan fingerprint density at radius 2 is 2.00 bits per heavy atom. The maximum Gasteiger partial charge on any atom is 0.156 e. The summed E-state index contributed by atoms with van der Waals surface area (Å²) < 4.78 is 5.66. The number of aliphatic imine (C=N–C) groups is 1. The molecule has 1 aromatic carbocycles. The summed E-state index contributed by atoms with van der Waals surface area (Å²) in [5.74, 6) is 2.16. The van der Waals surface area contributed by atoms with Gasteiger partial charge in [0.25, 0.3) is 0 Å². The van der Waals surface area contributed by atoms with Gasteiger partial charge in [-0.3, -0.25) is 4.99 Å². The van der Waals surface area contributed by atoms with Gasteiger partial charge in [0.05, 0.1) is 6.54 Å². The monoisotopic (exact) mass is 290 g/mol. The van der Waals surface area contributed by atoms with Crippen molar-refractivity contribution in [2.24, 2.45) is 10.4 Å². The van der Waals surface area contributed by atoms with Crippen molar-refractivity contribution in [3.05, 3.63) is 30.3 Å². The van der Waals surface area contributed by atoms with E-state index in [1.165, 1.54) is 31.4 Å². The van der Waals surface area contributed by atoms with E-state index in [1.54, 1.807) is 0 Å². The normalized spacial score (nSPS) is 20.7. The zero-order valence-corrected chi connectivity index (χ0v) is 12.6. The van der Waals surface area contributed by atoms with Crippen molar-refractivity contribution in [2.75, 3.05) is 25.4 Å². The summed E-state index contributed by atoms with van der Waals surface area (Å²) in [4.78, 5) is 4.72. The van der Waals surface area contributed by atoms with Crippen LogP contribution in [0.2, 0.25) is 0 Å². The molecule has 1 aromatic rings. The van der Waals surface area contributed by atoms with Gasteiger partial charge in [-0.15, -0.1) is 0 Å². The molecule has 3 nitrogen and oxygen atoms in total. The van der Waals surface area contributed by atoms with Crippen molar-refractivity contribution < 1.29 is 4.74 Å². The Hall–Kier alpha value is -1.16. The van der Waals surface area contributed by atoms with Crippen LogP contribution in [0.25, 0.3) is 0 Å². The van der Waals surface area contributed by atoms with Gasteiger partial charge in [0, 0.05) is 12.3 Å². The van der Waals surface area contributed by atoms with Gasteiger partial charge >= 0.3 is 0 Å². The number of amidine groups is 1.